The van der Waals surface area contributed by atoms with Crippen molar-refractivity contribution in [2.45, 2.75) is 13.8 Å². The lowest BCUT2D eigenvalue weighted by molar-refractivity contribution is 0.0520. The minimum absolute atomic E-state index is 0.0546. The van der Waals surface area contributed by atoms with E-state index in [4.69, 9.17) is 15.7 Å². The number of nitrogen functional groups attached to an aromatic ring is 1. The average molecular weight is 270 g/mol. The molecule has 20 heavy (non-hydrogen) atoms. The molecule has 0 amide bonds. The fourth-order valence-electron chi connectivity index (χ4n) is 1.91. The third-order valence-corrected chi connectivity index (χ3v) is 2.80. The molecule has 2 aromatic rings. The molecule has 102 valence electrons. The van der Waals surface area contributed by atoms with Crippen LogP contribution < -0.4 is 5.73 Å². The average Bonchev–Trinajstić information content (AvgIpc) is 2.80. The van der Waals surface area contributed by atoms with Gasteiger partial charge in [0.25, 0.3) is 0 Å². The molecule has 1 aromatic carbocycles. The molecule has 6 heteroatoms. The van der Waals surface area contributed by atoms with Gasteiger partial charge in [-0.05, 0) is 25.5 Å². The molecule has 0 saturated carbocycles. The summed E-state index contributed by atoms with van der Waals surface area (Å²) < 4.78 is 6.32. The van der Waals surface area contributed by atoms with Crippen LogP contribution in [0.5, 0.6) is 0 Å². The van der Waals surface area contributed by atoms with Gasteiger partial charge in [-0.3, -0.25) is 0 Å². The minimum atomic E-state index is -0.573. The number of nitrogens with zero attached hydrogens (tertiary/aromatic N) is 3. The van der Waals surface area contributed by atoms with E-state index >= 15 is 0 Å². The normalized spacial score (nSPS) is 10.1. The maximum Gasteiger partial charge on any atom is 0.361 e. The van der Waals surface area contributed by atoms with E-state index in [2.05, 4.69) is 11.2 Å². The summed E-state index contributed by atoms with van der Waals surface area (Å²) in [4.78, 5) is 11.7. The van der Waals surface area contributed by atoms with Crippen molar-refractivity contribution < 1.29 is 9.53 Å². The fraction of sp³-hybridized carbons (Fsp3) is 0.214. The number of nitriles is 1. The van der Waals surface area contributed by atoms with Crippen molar-refractivity contribution in [3.63, 3.8) is 0 Å². The Morgan fingerprint density at radius 3 is 2.95 bits per heavy atom. The lowest BCUT2D eigenvalue weighted by Crippen LogP contribution is -2.09. The van der Waals surface area contributed by atoms with Crippen LogP contribution in [0.25, 0.3) is 5.69 Å². The lowest BCUT2D eigenvalue weighted by Gasteiger charge is -2.07. The monoisotopic (exact) mass is 270 g/mol. The molecule has 0 unspecified atom stereocenters. The van der Waals surface area contributed by atoms with Crippen molar-refractivity contribution in [1.82, 2.24) is 9.78 Å². The zero-order valence-electron chi connectivity index (χ0n) is 11.3. The molecule has 6 nitrogen and oxygen atoms in total. The number of aromatic nitrogens is 2. The van der Waals surface area contributed by atoms with Crippen LogP contribution in [0.1, 0.15) is 28.5 Å². The Bertz CT molecular complexity index is 698. The molecule has 0 radical (unpaired) electrons. The van der Waals surface area contributed by atoms with Gasteiger partial charge in [0, 0.05) is 0 Å². The first-order valence-electron chi connectivity index (χ1n) is 6.10. The fourth-order valence-corrected chi connectivity index (χ4v) is 1.91. The third kappa shape index (κ3) is 2.34. The maximum absolute atomic E-state index is 11.7. The zero-order chi connectivity index (χ0) is 14.7. The van der Waals surface area contributed by atoms with Crippen molar-refractivity contribution >= 4 is 11.7 Å². The predicted octanol–water partition coefficient (Wildman–Crippen LogP) is 1.81. The van der Waals surface area contributed by atoms with Crippen molar-refractivity contribution in [3.8, 4) is 11.8 Å². The summed E-state index contributed by atoms with van der Waals surface area (Å²) >= 11 is 0. The van der Waals surface area contributed by atoms with Crippen molar-refractivity contribution in [2.75, 3.05) is 12.3 Å². The minimum Gasteiger partial charge on any atom is -0.461 e. The number of para-hydroxylation sites is 1. The molecule has 0 saturated heterocycles. The number of hydrogen-bond acceptors (Lipinski definition) is 5. The molecule has 1 aromatic heterocycles. The second-order valence-electron chi connectivity index (χ2n) is 4.18. The number of esters is 1. The number of aryl methyl sites for hydroxylation is 1. The van der Waals surface area contributed by atoms with Gasteiger partial charge in [0.05, 0.1) is 29.7 Å². The molecular formula is C14H14N4O2. The first kappa shape index (κ1) is 13.6. The molecular weight excluding hydrogens is 256 g/mol. The Kier molecular flexibility index (Phi) is 3.71. The number of benzene rings is 1. The molecule has 2 N–H and O–H groups in total. The number of nitrogens with two attached hydrogens (primary N) is 1. The standard InChI is InChI=1S/C14H14N4O2/c1-3-20-14(19)12-11(16)8-18(17-12)13-9(2)5-4-6-10(13)7-15/h4-6,8H,3,16H2,1-2H3. The summed E-state index contributed by atoms with van der Waals surface area (Å²) in [6.45, 7) is 3.82. The van der Waals surface area contributed by atoms with Gasteiger partial charge in [0.2, 0.25) is 0 Å². The van der Waals surface area contributed by atoms with Crippen LogP contribution in [0.15, 0.2) is 24.4 Å². The van der Waals surface area contributed by atoms with Crippen molar-refractivity contribution in [3.05, 3.63) is 41.2 Å². The highest BCUT2D eigenvalue weighted by Gasteiger charge is 2.18. The second kappa shape index (κ2) is 5.45. The van der Waals surface area contributed by atoms with E-state index in [0.29, 0.717) is 11.3 Å². The first-order valence-corrected chi connectivity index (χ1v) is 6.10. The van der Waals surface area contributed by atoms with Gasteiger partial charge in [-0.2, -0.15) is 10.4 Å². The molecule has 0 atom stereocenters. The van der Waals surface area contributed by atoms with Gasteiger partial charge in [-0.15, -0.1) is 0 Å². The molecule has 0 aliphatic carbocycles. The van der Waals surface area contributed by atoms with Crippen molar-refractivity contribution in [2.24, 2.45) is 0 Å². The van der Waals surface area contributed by atoms with Crippen LogP contribution in [-0.4, -0.2) is 22.4 Å². The van der Waals surface area contributed by atoms with Crippen LogP contribution in [-0.2, 0) is 4.74 Å². The highest BCUT2D eigenvalue weighted by Crippen LogP contribution is 2.21. The number of hydrogen-bond donors (Lipinski definition) is 1. The Morgan fingerprint density at radius 2 is 2.30 bits per heavy atom. The van der Waals surface area contributed by atoms with E-state index in [1.807, 2.05) is 13.0 Å². The predicted molar refractivity (Wildman–Crippen MR) is 73.4 cm³/mol. The molecule has 0 spiro atoms. The van der Waals surface area contributed by atoms with E-state index in [0.717, 1.165) is 5.56 Å². The first-order chi connectivity index (χ1) is 9.58. The van der Waals surface area contributed by atoms with Gasteiger partial charge in [-0.1, -0.05) is 12.1 Å². The Labute approximate surface area is 116 Å². The van der Waals surface area contributed by atoms with Gasteiger partial charge < -0.3 is 10.5 Å². The summed E-state index contributed by atoms with van der Waals surface area (Å²) in [5, 5.41) is 13.3. The van der Waals surface area contributed by atoms with Crippen molar-refractivity contribution in [1.29, 1.82) is 5.26 Å². The Balaban J connectivity index is 2.54. The van der Waals surface area contributed by atoms with Gasteiger partial charge in [0.1, 0.15) is 6.07 Å². The highest BCUT2D eigenvalue weighted by atomic mass is 16.5. The van der Waals surface area contributed by atoms with Crippen LogP contribution >= 0.6 is 0 Å². The largest absolute Gasteiger partial charge is 0.461 e. The number of carbonyl (C=O) groups excluding carboxylic acids is 1. The Hall–Kier alpha value is -2.81. The Morgan fingerprint density at radius 1 is 1.55 bits per heavy atom. The maximum atomic E-state index is 11.7. The number of rotatable bonds is 3. The number of ether oxygens (including phenoxy) is 1. The third-order valence-electron chi connectivity index (χ3n) is 2.80. The van der Waals surface area contributed by atoms with Gasteiger partial charge in [-0.25, -0.2) is 9.48 Å². The SMILES string of the molecule is CCOC(=O)c1nn(-c2c(C)cccc2C#N)cc1N. The van der Waals surface area contributed by atoms with E-state index in [9.17, 15) is 4.79 Å². The molecule has 0 bridgehead atoms. The van der Waals surface area contributed by atoms with Gasteiger partial charge >= 0.3 is 5.97 Å². The van der Waals surface area contributed by atoms with Crippen LogP contribution in [0, 0.1) is 18.3 Å². The van der Waals surface area contributed by atoms with Crippen LogP contribution in [0.4, 0.5) is 5.69 Å². The molecule has 2 rings (SSSR count). The van der Waals surface area contributed by atoms with E-state index in [1.54, 1.807) is 19.1 Å². The van der Waals surface area contributed by atoms with E-state index in [1.165, 1.54) is 10.9 Å². The smallest absolute Gasteiger partial charge is 0.361 e. The number of carbonyl (C=O) groups is 1. The summed E-state index contributed by atoms with van der Waals surface area (Å²) in [7, 11) is 0. The number of anilines is 1. The quantitative estimate of drug-likeness (QED) is 0.858. The van der Waals surface area contributed by atoms with E-state index in [-0.39, 0.29) is 18.0 Å². The van der Waals surface area contributed by atoms with Crippen LogP contribution in [0.2, 0.25) is 0 Å². The summed E-state index contributed by atoms with van der Waals surface area (Å²) in [5.41, 5.74) is 7.99. The highest BCUT2D eigenvalue weighted by molar-refractivity contribution is 5.92. The second-order valence-corrected chi connectivity index (χ2v) is 4.18. The van der Waals surface area contributed by atoms with Gasteiger partial charge in [0.15, 0.2) is 5.69 Å². The topological polar surface area (TPSA) is 93.9 Å². The molecule has 0 fully saturated rings. The summed E-state index contributed by atoms with van der Waals surface area (Å²) in [5.74, 6) is -0.573. The molecule has 0 aliphatic heterocycles. The lowest BCUT2D eigenvalue weighted by atomic mass is 10.1. The molecule has 1 heterocycles. The van der Waals surface area contributed by atoms with E-state index < -0.39 is 5.97 Å². The zero-order valence-corrected chi connectivity index (χ0v) is 11.3. The summed E-state index contributed by atoms with van der Waals surface area (Å²) in [6.07, 6.45) is 1.51. The van der Waals surface area contributed by atoms with Crippen LogP contribution in [0.3, 0.4) is 0 Å². The summed E-state index contributed by atoms with van der Waals surface area (Å²) in [6, 6.07) is 7.43. The molecule has 0 aliphatic rings.